The molecule has 0 aliphatic carbocycles. The molecule has 92 valence electrons. The van der Waals surface area contributed by atoms with E-state index in [0.717, 1.165) is 22.7 Å². The Hall–Kier alpha value is -2.76. The molecule has 6 heteroatoms. The summed E-state index contributed by atoms with van der Waals surface area (Å²) in [5, 5.41) is 8.05. The Morgan fingerprint density at radius 1 is 1.16 bits per heavy atom. The molecule has 0 fully saturated rings. The van der Waals surface area contributed by atoms with Gasteiger partial charge in [0.25, 0.3) is 0 Å². The number of fused-ring (bicyclic) bond motifs is 2. The molecule has 4 aromatic rings. The molecule has 1 aromatic carbocycles. The molecule has 3 heterocycles. The second-order valence-corrected chi connectivity index (χ2v) is 4.30. The van der Waals surface area contributed by atoms with Crippen LogP contribution in [0.25, 0.3) is 22.5 Å². The Labute approximate surface area is 108 Å². The molecule has 4 rings (SSSR count). The van der Waals surface area contributed by atoms with E-state index in [-0.39, 0.29) is 0 Å². The minimum Gasteiger partial charge on any atom is -0.284 e. The Balaban J connectivity index is 2.15. The lowest BCUT2D eigenvalue weighted by Crippen LogP contribution is -2.03. The lowest BCUT2D eigenvalue weighted by atomic mass is 10.3. The predicted octanol–water partition coefficient (Wildman–Crippen LogP) is 1.77. The summed E-state index contributed by atoms with van der Waals surface area (Å²) in [6, 6.07) is 7.98. The van der Waals surface area contributed by atoms with Crippen molar-refractivity contribution in [1.82, 2.24) is 29.1 Å². The third-order valence-corrected chi connectivity index (χ3v) is 3.14. The second-order valence-electron chi connectivity index (χ2n) is 4.30. The standard InChI is InChI=1S/C13H10N6/c1-9-16-10-4-2-3-5-11(10)19(9)12-13-17-15-8-18(13)7-6-14-12/h2-8H,1H3. The number of aromatic nitrogens is 6. The van der Waals surface area contributed by atoms with Crippen LogP contribution in [0, 0.1) is 6.92 Å². The van der Waals surface area contributed by atoms with Crippen molar-refractivity contribution < 1.29 is 0 Å². The molecule has 0 atom stereocenters. The number of hydrogen-bond acceptors (Lipinski definition) is 4. The molecule has 19 heavy (non-hydrogen) atoms. The van der Waals surface area contributed by atoms with Gasteiger partial charge >= 0.3 is 0 Å². The molecule has 3 aromatic heterocycles. The van der Waals surface area contributed by atoms with E-state index in [1.54, 1.807) is 12.5 Å². The van der Waals surface area contributed by atoms with E-state index in [4.69, 9.17) is 0 Å². The molecule has 0 N–H and O–H groups in total. The van der Waals surface area contributed by atoms with Crippen LogP contribution >= 0.6 is 0 Å². The van der Waals surface area contributed by atoms with Gasteiger partial charge in [-0.25, -0.2) is 9.97 Å². The maximum Gasteiger partial charge on any atom is 0.204 e. The van der Waals surface area contributed by atoms with Crippen LogP contribution < -0.4 is 0 Å². The third kappa shape index (κ3) is 1.36. The van der Waals surface area contributed by atoms with Gasteiger partial charge < -0.3 is 0 Å². The van der Waals surface area contributed by atoms with E-state index in [1.165, 1.54) is 0 Å². The second kappa shape index (κ2) is 3.61. The van der Waals surface area contributed by atoms with Gasteiger partial charge in [0.15, 0.2) is 5.82 Å². The van der Waals surface area contributed by atoms with Gasteiger partial charge in [0.05, 0.1) is 11.0 Å². The number of aryl methyl sites for hydroxylation is 1. The summed E-state index contributed by atoms with van der Waals surface area (Å²) in [5.41, 5.74) is 2.68. The van der Waals surface area contributed by atoms with Crippen LogP contribution in [0.1, 0.15) is 5.82 Å². The average molecular weight is 250 g/mol. The van der Waals surface area contributed by atoms with E-state index in [9.17, 15) is 0 Å². The van der Waals surface area contributed by atoms with E-state index < -0.39 is 0 Å². The van der Waals surface area contributed by atoms with Crippen molar-refractivity contribution in [3.05, 3.63) is 48.8 Å². The van der Waals surface area contributed by atoms with Crippen molar-refractivity contribution in [3.63, 3.8) is 0 Å². The lowest BCUT2D eigenvalue weighted by Gasteiger charge is -2.06. The summed E-state index contributed by atoms with van der Waals surface area (Å²) in [6.07, 6.45) is 5.22. The predicted molar refractivity (Wildman–Crippen MR) is 70.1 cm³/mol. The SMILES string of the molecule is Cc1nc2ccccc2n1-c1nccn2cnnc12. The number of hydrogen-bond donors (Lipinski definition) is 0. The summed E-state index contributed by atoms with van der Waals surface area (Å²) >= 11 is 0. The molecule has 0 bridgehead atoms. The van der Waals surface area contributed by atoms with Gasteiger partial charge in [-0.1, -0.05) is 12.1 Å². The van der Waals surface area contributed by atoms with Crippen LogP contribution in [-0.4, -0.2) is 29.1 Å². The number of imidazole rings is 1. The fourth-order valence-corrected chi connectivity index (χ4v) is 2.32. The van der Waals surface area contributed by atoms with Crippen LogP contribution in [0.2, 0.25) is 0 Å². The highest BCUT2D eigenvalue weighted by Gasteiger charge is 2.13. The monoisotopic (exact) mass is 250 g/mol. The zero-order valence-electron chi connectivity index (χ0n) is 10.2. The highest BCUT2D eigenvalue weighted by atomic mass is 15.3. The molecule has 0 spiro atoms. The van der Waals surface area contributed by atoms with Gasteiger partial charge in [0.2, 0.25) is 5.65 Å². The van der Waals surface area contributed by atoms with E-state index >= 15 is 0 Å². The van der Waals surface area contributed by atoms with Gasteiger partial charge in [0.1, 0.15) is 12.2 Å². The smallest absolute Gasteiger partial charge is 0.204 e. The highest BCUT2D eigenvalue weighted by molar-refractivity contribution is 5.79. The van der Waals surface area contributed by atoms with Crippen LogP contribution in [0.5, 0.6) is 0 Å². The van der Waals surface area contributed by atoms with Crippen molar-refractivity contribution in [3.8, 4) is 5.82 Å². The first-order valence-corrected chi connectivity index (χ1v) is 5.93. The zero-order chi connectivity index (χ0) is 12.8. The van der Waals surface area contributed by atoms with Gasteiger partial charge in [-0.05, 0) is 19.1 Å². The van der Waals surface area contributed by atoms with Crippen molar-refractivity contribution in [1.29, 1.82) is 0 Å². The van der Waals surface area contributed by atoms with Crippen molar-refractivity contribution in [2.75, 3.05) is 0 Å². The van der Waals surface area contributed by atoms with Crippen LogP contribution in [-0.2, 0) is 0 Å². The molecule has 0 aliphatic heterocycles. The Morgan fingerprint density at radius 3 is 3.00 bits per heavy atom. The van der Waals surface area contributed by atoms with Crippen molar-refractivity contribution >= 4 is 16.7 Å². The van der Waals surface area contributed by atoms with E-state index in [0.29, 0.717) is 5.65 Å². The quantitative estimate of drug-likeness (QED) is 0.516. The minimum absolute atomic E-state index is 0.716. The van der Waals surface area contributed by atoms with E-state index in [2.05, 4.69) is 20.2 Å². The normalized spacial score (nSPS) is 11.4. The third-order valence-electron chi connectivity index (χ3n) is 3.14. The summed E-state index contributed by atoms with van der Waals surface area (Å²) in [4.78, 5) is 8.98. The van der Waals surface area contributed by atoms with Gasteiger partial charge in [-0.2, -0.15) is 0 Å². The van der Waals surface area contributed by atoms with Crippen LogP contribution in [0.4, 0.5) is 0 Å². The Kier molecular flexibility index (Phi) is 1.94. The van der Waals surface area contributed by atoms with Crippen molar-refractivity contribution in [2.45, 2.75) is 6.92 Å². The van der Waals surface area contributed by atoms with Gasteiger partial charge in [0, 0.05) is 12.4 Å². The molecule has 0 unspecified atom stereocenters. The summed E-state index contributed by atoms with van der Waals surface area (Å²) in [6.45, 7) is 1.96. The average Bonchev–Trinajstić information content (AvgIpc) is 3.01. The van der Waals surface area contributed by atoms with Crippen molar-refractivity contribution in [2.24, 2.45) is 0 Å². The summed E-state index contributed by atoms with van der Waals surface area (Å²) in [7, 11) is 0. The molecule has 6 nitrogen and oxygen atoms in total. The van der Waals surface area contributed by atoms with Crippen LogP contribution in [0.3, 0.4) is 0 Å². The molecule has 0 saturated heterocycles. The number of benzene rings is 1. The lowest BCUT2D eigenvalue weighted by molar-refractivity contribution is 0.941. The Bertz CT molecular complexity index is 888. The molecular weight excluding hydrogens is 240 g/mol. The van der Waals surface area contributed by atoms with Crippen LogP contribution in [0.15, 0.2) is 43.0 Å². The first-order valence-electron chi connectivity index (χ1n) is 5.93. The molecule has 0 saturated carbocycles. The topological polar surface area (TPSA) is 60.9 Å². The summed E-state index contributed by atoms with van der Waals surface area (Å²) in [5.74, 6) is 1.62. The molecule has 0 aliphatic rings. The Morgan fingerprint density at radius 2 is 2.05 bits per heavy atom. The van der Waals surface area contributed by atoms with Gasteiger partial charge in [-0.15, -0.1) is 10.2 Å². The zero-order valence-corrected chi connectivity index (χ0v) is 10.2. The maximum absolute atomic E-state index is 4.55. The molecular formula is C13H10N6. The number of rotatable bonds is 1. The summed E-state index contributed by atoms with van der Waals surface area (Å²) < 4.78 is 3.84. The van der Waals surface area contributed by atoms with Gasteiger partial charge in [-0.3, -0.25) is 8.97 Å². The fraction of sp³-hybridized carbons (Fsp3) is 0.0769. The number of para-hydroxylation sites is 2. The van der Waals surface area contributed by atoms with E-state index in [1.807, 2.05) is 46.4 Å². The minimum atomic E-state index is 0.716. The first kappa shape index (κ1) is 10.2. The molecule has 0 amide bonds. The maximum atomic E-state index is 4.55. The largest absolute Gasteiger partial charge is 0.284 e. The number of nitrogens with zero attached hydrogens (tertiary/aromatic N) is 6. The highest BCUT2D eigenvalue weighted by Crippen LogP contribution is 2.21. The molecule has 0 radical (unpaired) electrons. The first-order chi connectivity index (χ1) is 9.34. The fourth-order valence-electron chi connectivity index (χ4n) is 2.32.